The monoisotopic (exact) mass is 313 g/mol. The normalized spacial score (nSPS) is 31.1. The fourth-order valence-corrected chi connectivity index (χ4v) is 4.50. The summed E-state index contributed by atoms with van der Waals surface area (Å²) >= 11 is 1.41. The Bertz CT molecular complexity index is 504. The molecular weight excluding hydrogens is 294 g/mol. The van der Waals surface area contributed by atoms with Gasteiger partial charge >= 0.3 is 5.97 Å². The minimum atomic E-state index is -1.31. The van der Waals surface area contributed by atoms with Gasteiger partial charge in [-0.3, -0.25) is 9.59 Å². The van der Waals surface area contributed by atoms with E-state index >= 15 is 0 Å². The summed E-state index contributed by atoms with van der Waals surface area (Å²) in [6, 6.07) is -0.713. The smallest absolute Gasteiger partial charge is 0.330 e. The standard InChI is InChI=1S/C14H19NO5S/c1-5-6-20-13(19)10-14(3,4)21-12-8(9(17)7(2)16)11(18)15(10)12/h5,8-10,12,17H,1,6H2,2-4H3/t8-,9?,10+,12-/m1/s1. The molecule has 2 heterocycles. The number of aliphatic hydroxyl groups excluding tert-OH is 1. The van der Waals surface area contributed by atoms with E-state index in [2.05, 4.69) is 6.58 Å². The molecular formula is C14H19NO5S. The van der Waals surface area contributed by atoms with E-state index in [1.54, 1.807) is 0 Å². The number of amides is 1. The molecule has 0 radical (unpaired) electrons. The molecule has 0 aliphatic carbocycles. The number of Topliss-reactive ketones (excluding diaryl/α,β-unsaturated/α-hetero) is 1. The molecule has 1 unspecified atom stereocenters. The van der Waals surface area contributed by atoms with Gasteiger partial charge in [0.15, 0.2) is 5.78 Å². The molecule has 2 saturated heterocycles. The molecule has 2 aliphatic rings. The number of ketones is 1. The number of β-lactam (4-membered cyclic amide) rings is 1. The van der Waals surface area contributed by atoms with Crippen LogP contribution in [0.15, 0.2) is 12.7 Å². The van der Waals surface area contributed by atoms with Crippen LogP contribution in [0, 0.1) is 5.92 Å². The fourth-order valence-electron chi connectivity index (χ4n) is 2.79. The van der Waals surface area contributed by atoms with E-state index in [1.807, 2.05) is 13.8 Å². The number of carbonyl (C=O) groups is 3. The van der Waals surface area contributed by atoms with Crippen LogP contribution in [0.5, 0.6) is 0 Å². The number of fused-ring (bicyclic) bond motifs is 1. The molecule has 0 aromatic rings. The number of esters is 1. The lowest BCUT2D eigenvalue weighted by atomic mass is 9.86. The van der Waals surface area contributed by atoms with Crippen molar-refractivity contribution in [3.05, 3.63) is 12.7 Å². The highest BCUT2D eigenvalue weighted by Crippen LogP contribution is 2.54. The maximum atomic E-state index is 12.2. The van der Waals surface area contributed by atoms with Crippen molar-refractivity contribution >= 4 is 29.4 Å². The Kier molecular flexibility index (Phi) is 4.17. The third kappa shape index (κ3) is 2.48. The zero-order valence-electron chi connectivity index (χ0n) is 12.2. The third-order valence-corrected chi connectivity index (χ3v) is 5.40. The van der Waals surface area contributed by atoms with Crippen LogP contribution in [0.3, 0.4) is 0 Å². The lowest BCUT2D eigenvalue weighted by molar-refractivity contribution is -0.172. The Morgan fingerprint density at radius 1 is 1.57 bits per heavy atom. The predicted molar refractivity (Wildman–Crippen MR) is 77.4 cm³/mol. The van der Waals surface area contributed by atoms with E-state index in [4.69, 9.17) is 4.74 Å². The third-order valence-electron chi connectivity index (χ3n) is 3.81. The number of hydrogen-bond donors (Lipinski definition) is 1. The van der Waals surface area contributed by atoms with Gasteiger partial charge in [-0.1, -0.05) is 12.7 Å². The summed E-state index contributed by atoms with van der Waals surface area (Å²) in [6.45, 7) is 8.51. The molecule has 2 fully saturated rings. The largest absolute Gasteiger partial charge is 0.460 e. The quantitative estimate of drug-likeness (QED) is 0.448. The van der Waals surface area contributed by atoms with E-state index in [0.717, 1.165) is 0 Å². The van der Waals surface area contributed by atoms with Crippen LogP contribution in [0.25, 0.3) is 0 Å². The van der Waals surface area contributed by atoms with Gasteiger partial charge in [-0.05, 0) is 20.8 Å². The molecule has 116 valence electrons. The molecule has 0 spiro atoms. The predicted octanol–water partition coefficient (Wildman–Crippen LogP) is 0.344. The van der Waals surface area contributed by atoms with Crippen molar-refractivity contribution in [1.29, 1.82) is 0 Å². The highest BCUT2D eigenvalue weighted by molar-refractivity contribution is 8.01. The van der Waals surface area contributed by atoms with Crippen LogP contribution in [0.2, 0.25) is 0 Å². The molecule has 2 aliphatic heterocycles. The van der Waals surface area contributed by atoms with Gasteiger partial charge in [0.2, 0.25) is 5.91 Å². The first-order chi connectivity index (χ1) is 9.72. The molecule has 7 heteroatoms. The number of aliphatic hydroxyl groups is 1. The van der Waals surface area contributed by atoms with Crippen LogP contribution < -0.4 is 0 Å². The summed E-state index contributed by atoms with van der Waals surface area (Å²) in [6.07, 6.45) is 0.148. The second-order valence-corrected chi connectivity index (χ2v) is 7.53. The van der Waals surface area contributed by atoms with Crippen molar-refractivity contribution in [1.82, 2.24) is 4.90 Å². The summed E-state index contributed by atoms with van der Waals surface area (Å²) in [7, 11) is 0. The summed E-state index contributed by atoms with van der Waals surface area (Å²) in [5.41, 5.74) is 0. The number of rotatable bonds is 5. The van der Waals surface area contributed by atoms with Crippen molar-refractivity contribution in [3.8, 4) is 0 Å². The average molecular weight is 313 g/mol. The first-order valence-corrected chi connectivity index (χ1v) is 7.56. The van der Waals surface area contributed by atoms with Crippen LogP contribution >= 0.6 is 11.8 Å². The second kappa shape index (κ2) is 5.46. The zero-order valence-corrected chi connectivity index (χ0v) is 13.1. The van der Waals surface area contributed by atoms with Gasteiger partial charge in [-0.2, -0.15) is 0 Å². The summed E-state index contributed by atoms with van der Waals surface area (Å²) in [5.74, 6) is -2.08. The molecule has 1 N–H and O–H groups in total. The van der Waals surface area contributed by atoms with Crippen molar-refractivity contribution in [2.24, 2.45) is 5.92 Å². The number of nitrogens with zero attached hydrogens (tertiary/aromatic N) is 1. The number of ether oxygens (including phenoxy) is 1. The van der Waals surface area contributed by atoms with Crippen LogP contribution in [-0.2, 0) is 19.1 Å². The maximum Gasteiger partial charge on any atom is 0.330 e. The number of hydrogen-bond acceptors (Lipinski definition) is 6. The van der Waals surface area contributed by atoms with Gasteiger partial charge in [0.25, 0.3) is 0 Å². The molecule has 0 saturated carbocycles. The molecule has 0 bridgehead atoms. The SMILES string of the molecule is C=CCOC(=O)[C@@H]1N2C(=O)[C@@H](C(O)C(C)=O)[C@H]2SC1(C)C. The van der Waals surface area contributed by atoms with E-state index in [0.29, 0.717) is 0 Å². The molecule has 2 rings (SSSR count). The second-order valence-electron chi connectivity index (χ2n) is 5.76. The van der Waals surface area contributed by atoms with Gasteiger partial charge in [0.05, 0.1) is 5.37 Å². The average Bonchev–Trinajstić information content (AvgIpc) is 2.64. The molecule has 4 atom stereocenters. The van der Waals surface area contributed by atoms with Crippen LogP contribution in [0.4, 0.5) is 0 Å². The van der Waals surface area contributed by atoms with Gasteiger partial charge in [-0.15, -0.1) is 11.8 Å². The van der Waals surface area contributed by atoms with Crippen LogP contribution in [-0.4, -0.2) is 56.5 Å². The highest BCUT2D eigenvalue weighted by atomic mass is 32.2. The van der Waals surface area contributed by atoms with Crippen molar-refractivity contribution in [3.63, 3.8) is 0 Å². The minimum Gasteiger partial charge on any atom is -0.460 e. The first-order valence-electron chi connectivity index (χ1n) is 6.68. The van der Waals surface area contributed by atoms with E-state index in [1.165, 1.54) is 29.7 Å². The lowest BCUT2D eigenvalue weighted by Gasteiger charge is -2.45. The van der Waals surface area contributed by atoms with Crippen molar-refractivity contribution in [2.75, 3.05) is 6.61 Å². The Labute approximate surface area is 127 Å². The Morgan fingerprint density at radius 2 is 2.19 bits per heavy atom. The first kappa shape index (κ1) is 16.0. The van der Waals surface area contributed by atoms with Crippen LogP contribution in [0.1, 0.15) is 20.8 Å². The fraction of sp³-hybridized carbons (Fsp3) is 0.643. The van der Waals surface area contributed by atoms with E-state index < -0.39 is 34.6 Å². The lowest BCUT2D eigenvalue weighted by Crippen LogP contribution is -2.66. The topological polar surface area (TPSA) is 83.9 Å². The number of carbonyl (C=O) groups excluding carboxylic acids is 3. The van der Waals surface area contributed by atoms with Crippen molar-refractivity contribution < 1.29 is 24.2 Å². The van der Waals surface area contributed by atoms with Crippen molar-refractivity contribution in [2.45, 2.75) is 43.0 Å². The summed E-state index contributed by atoms with van der Waals surface area (Å²) in [4.78, 5) is 37.1. The Hall–Kier alpha value is -1.34. The zero-order chi connectivity index (χ0) is 15.9. The molecule has 21 heavy (non-hydrogen) atoms. The molecule has 0 aromatic carbocycles. The van der Waals surface area contributed by atoms with Gasteiger partial charge in [0, 0.05) is 4.75 Å². The Balaban J connectivity index is 2.20. The summed E-state index contributed by atoms with van der Waals surface area (Å²) in [5, 5.41) is 9.49. The molecule has 1 amide bonds. The highest BCUT2D eigenvalue weighted by Gasteiger charge is 2.65. The Morgan fingerprint density at radius 3 is 2.71 bits per heavy atom. The van der Waals surface area contributed by atoms with Gasteiger partial charge in [-0.25, -0.2) is 4.79 Å². The minimum absolute atomic E-state index is 0.0856. The van der Waals surface area contributed by atoms with E-state index in [-0.39, 0.29) is 17.9 Å². The van der Waals surface area contributed by atoms with Gasteiger partial charge in [0.1, 0.15) is 24.7 Å². The molecule has 6 nitrogen and oxygen atoms in total. The molecule has 0 aromatic heterocycles. The van der Waals surface area contributed by atoms with E-state index in [9.17, 15) is 19.5 Å². The number of thioether (sulfide) groups is 1. The maximum absolute atomic E-state index is 12.2. The van der Waals surface area contributed by atoms with Gasteiger partial charge < -0.3 is 14.7 Å². The summed E-state index contributed by atoms with van der Waals surface area (Å²) < 4.78 is 4.52.